The molecule has 0 spiro atoms. The van der Waals surface area contributed by atoms with E-state index in [1.165, 1.54) is 17.0 Å². The van der Waals surface area contributed by atoms with Crippen molar-refractivity contribution in [3.63, 3.8) is 0 Å². The molecular weight excluding hydrogens is 313 g/mol. The second-order valence-electron chi connectivity index (χ2n) is 5.26. The number of rotatable bonds is 7. The molecule has 2 aromatic carbocycles. The molecule has 1 unspecified atom stereocenters. The van der Waals surface area contributed by atoms with E-state index in [-0.39, 0.29) is 18.5 Å². The van der Waals surface area contributed by atoms with Crippen LogP contribution >= 0.6 is 0 Å². The van der Waals surface area contributed by atoms with Crippen LogP contribution in [0.1, 0.15) is 13.8 Å². The predicted octanol–water partition coefficient (Wildman–Crippen LogP) is 4.39. The van der Waals surface area contributed by atoms with E-state index >= 15 is 0 Å². The van der Waals surface area contributed by atoms with Gasteiger partial charge in [0.15, 0.2) is 0 Å². The minimum atomic E-state index is -0.965. The van der Waals surface area contributed by atoms with Crippen LogP contribution in [-0.2, 0) is 0 Å². The lowest BCUT2D eigenvalue weighted by molar-refractivity contribution is 0.112. The van der Waals surface area contributed by atoms with Gasteiger partial charge >= 0.3 is 6.09 Å². The van der Waals surface area contributed by atoms with Crippen LogP contribution < -0.4 is 9.47 Å². The Morgan fingerprint density at radius 3 is 2.42 bits per heavy atom. The van der Waals surface area contributed by atoms with Crippen molar-refractivity contribution < 1.29 is 23.8 Å². The van der Waals surface area contributed by atoms with Crippen LogP contribution in [0.2, 0.25) is 0 Å². The second-order valence-corrected chi connectivity index (χ2v) is 5.26. The maximum absolute atomic E-state index is 13.1. The van der Waals surface area contributed by atoms with E-state index < -0.39 is 6.09 Å². The summed E-state index contributed by atoms with van der Waals surface area (Å²) in [4.78, 5) is 12.4. The second kappa shape index (κ2) is 8.19. The van der Waals surface area contributed by atoms with Gasteiger partial charge in [0, 0.05) is 12.6 Å². The van der Waals surface area contributed by atoms with Crippen LogP contribution in [0.4, 0.5) is 9.18 Å². The first-order chi connectivity index (χ1) is 11.5. The number of halogens is 1. The minimum Gasteiger partial charge on any atom is -0.491 e. The van der Waals surface area contributed by atoms with Gasteiger partial charge in [-0.25, -0.2) is 9.18 Å². The first-order valence-electron chi connectivity index (χ1n) is 7.65. The van der Waals surface area contributed by atoms with Crippen molar-refractivity contribution in [3.05, 3.63) is 54.3 Å². The summed E-state index contributed by atoms with van der Waals surface area (Å²) in [7, 11) is 0. The van der Waals surface area contributed by atoms with E-state index in [1.807, 2.05) is 0 Å². The average molecular weight is 333 g/mol. The summed E-state index contributed by atoms with van der Waals surface area (Å²) in [6, 6.07) is 12.5. The van der Waals surface area contributed by atoms with Crippen molar-refractivity contribution in [2.75, 3.05) is 13.2 Å². The predicted molar refractivity (Wildman–Crippen MR) is 88.3 cm³/mol. The Bertz CT molecular complexity index is 675. The van der Waals surface area contributed by atoms with Gasteiger partial charge in [0.25, 0.3) is 0 Å². The van der Waals surface area contributed by atoms with Gasteiger partial charge in [0.2, 0.25) is 0 Å². The zero-order chi connectivity index (χ0) is 17.5. The lowest BCUT2D eigenvalue weighted by Gasteiger charge is -2.24. The third-order valence-corrected chi connectivity index (χ3v) is 3.47. The van der Waals surface area contributed by atoms with Crippen LogP contribution in [0.3, 0.4) is 0 Å². The zero-order valence-electron chi connectivity index (χ0n) is 13.6. The van der Waals surface area contributed by atoms with Crippen LogP contribution in [-0.4, -0.2) is 35.3 Å². The summed E-state index contributed by atoms with van der Waals surface area (Å²) in [6.07, 6.45) is -0.965. The van der Waals surface area contributed by atoms with E-state index in [2.05, 4.69) is 0 Å². The van der Waals surface area contributed by atoms with Crippen LogP contribution in [0.5, 0.6) is 17.2 Å². The number of carbonyl (C=O) groups is 1. The molecule has 1 N–H and O–H groups in total. The summed E-state index contributed by atoms with van der Waals surface area (Å²) < 4.78 is 24.3. The van der Waals surface area contributed by atoms with Crippen LogP contribution in [0.15, 0.2) is 48.5 Å². The maximum Gasteiger partial charge on any atom is 0.407 e. The zero-order valence-corrected chi connectivity index (χ0v) is 13.6. The Labute approximate surface area is 140 Å². The minimum absolute atomic E-state index is 0.254. The largest absolute Gasteiger partial charge is 0.491 e. The smallest absolute Gasteiger partial charge is 0.407 e. The monoisotopic (exact) mass is 333 g/mol. The maximum atomic E-state index is 13.1. The van der Waals surface area contributed by atoms with E-state index in [0.717, 1.165) is 0 Å². The summed E-state index contributed by atoms with van der Waals surface area (Å²) in [5.41, 5.74) is 0. The molecule has 24 heavy (non-hydrogen) atoms. The SMILES string of the molecule is CCN(C(=O)O)C(C)COc1ccc(Oc2cccc(F)c2)cc1. The van der Waals surface area contributed by atoms with Gasteiger partial charge in [-0.1, -0.05) is 6.07 Å². The first kappa shape index (κ1) is 17.6. The summed E-state index contributed by atoms with van der Waals surface area (Å²) in [5.74, 6) is 1.22. The van der Waals surface area contributed by atoms with Crippen molar-refractivity contribution in [1.29, 1.82) is 0 Å². The molecule has 0 radical (unpaired) electrons. The highest BCUT2D eigenvalue weighted by Crippen LogP contribution is 2.24. The fourth-order valence-corrected chi connectivity index (χ4v) is 2.21. The number of hydrogen-bond acceptors (Lipinski definition) is 3. The van der Waals surface area contributed by atoms with Crippen molar-refractivity contribution in [2.24, 2.45) is 0 Å². The lowest BCUT2D eigenvalue weighted by atomic mass is 10.3. The summed E-state index contributed by atoms with van der Waals surface area (Å²) >= 11 is 0. The highest BCUT2D eigenvalue weighted by atomic mass is 19.1. The highest BCUT2D eigenvalue weighted by Gasteiger charge is 2.17. The average Bonchev–Trinajstić information content (AvgIpc) is 2.54. The standard InChI is InChI=1S/C18H20FNO4/c1-3-20(18(21)22)13(2)12-23-15-7-9-16(10-8-15)24-17-6-4-5-14(19)11-17/h4-11,13H,3,12H2,1-2H3,(H,21,22). The Balaban J connectivity index is 1.91. The molecule has 0 bridgehead atoms. The summed E-state index contributed by atoms with van der Waals surface area (Å²) in [6.45, 7) is 4.23. The molecule has 0 aliphatic carbocycles. The normalized spacial score (nSPS) is 11.6. The number of hydrogen-bond donors (Lipinski definition) is 1. The topological polar surface area (TPSA) is 59.0 Å². The number of benzene rings is 2. The van der Waals surface area contributed by atoms with Crippen LogP contribution in [0.25, 0.3) is 0 Å². The summed E-state index contributed by atoms with van der Waals surface area (Å²) in [5, 5.41) is 9.06. The lowest BCUT2D eigenvalue weighted by Crippen LogP contribution is -2.40. The van der Waals surface area contributed by atoms with E-state index in [1.54, 1.807) is 50.2 Å². The molecular formula is C18H20FNO4. The van der Waals surface area contributed by atoms with Gasteiger partial charge in [-0.05, 0) is 50.2 Å². The molecule has 0 aromatic heterocycles. The van der Waals surface area contributed by atoms with Gasteiger partial charge in [0.05, 0.1) is 6.04 Å². The molecule has 2 aromatic rings. The molecule has 0 fully saturated rings. The number of amides is 1. The molecule has 2 rings (SSSR count). The molecule has 128 valence electrons. The number of nitrogens with zero attached hydrogens (tertiary/aromatic N) is 1. The van der Waals surface area contributed by atoms with E-state index in [0.29, 0.717) is 23.8 Å². The molecule has 6 heteroatoms. The van der Waals surface area contributed by atoms with Gasteiger partial charge in [-0.3, -0.25) is 0 Å². The van der Waals surface area contributed by atoms with Crippen LogP contribution in [0, 0.1) is 5.82 Å². The number of likely N-dealkylation sites (N-methyl/N-ethyl adjacent to an activating group) is 1. The van der Waals surface area contributed by atoms with Gasteiger partial charge < -0.3 is 19.5 Å². The van der Waals surface area contributed by atoms with Crippen molar-refractivity contribution in [1.82, 2.24) is 4.90 Å². The van der Waals surface area contributed by atoms with Crippen molar-refractivity contribution in [3.8, 4) is 17.2 Å². The fraction of sp³-hybridized carbons (Fsp3) is 0.278. The van der Waals surface area contributed by atoms with Crippen molar-refractivity contribution >= 4 is 6.09 Å². The molecule has 0 aliphatic heterocycles. The van der Waals surface area contributed by atoms with Gasteiger partial charge in [0.1, 0.15) is 29.7 Å². The third kappa shape index (κ3) is 4.87. The molecule has 0 saturated heterocycles. The van der Waals surface area contributed by atoms with Crippen molar-refractivity contribution in [2.45, 2.75) is 19.9 Å². The molecule has 1 amide bonds. The number of ether oxygens (including phenoxy) is 2. The molecule has 5 nitrogen and oxygen atoms in total. The molecule has 0 aliphatic rings. The first-order valence-corrected chi connectivity index (χ1v) is 7.65. The molecule has 1 atom stereocenters. The fourth-order valence-electron chi connectivity index (χ4n) is 2.21. The Morgan fingerprint density at radius 1 is 1.17 bits per heavy atom. The molecule has 0 saturated carbocycles. The van der Waals surface area contributed by atoms with E-state index in [4.69, 9.17) is 14.6 Å². The quantitative estimate of drug-likeness (QED) is 0.816. The van der Waals surface area contributed by atoms with E-state index in [9.17, 15) is 9.18 Å². The van der Waals surface area contributed by atoms with Gasteiger partial charge in [-0.15, -0.1) is 0 Å². The Kier molecular flexibility index (Phi) is 6.01. The molecule has 0 heterocycles. The number of carboxylic acid groups (broad SMARTS) is 1. The van der Waals surface area contributed by atoms with Gasteiger partial charge in [-0.2, -0.15) is 0 Å². The Hall–Kier alpha value is -2.76. The Morgan fingerprint density at radius 2 is 1.83 bits per heavy atom. The third-order valence-electron chi connectivity index (χ3n) is 3.47. The highest BCUT2D eigenvalue weighted by molar-refractivity contribution is 5.65.